The number of hydrogen-bond donors (Lipinski definition) is 2. The van der Waals surface area contributed by atoms with E-state index in [1.54, 1.807) is 18.4 Å². The molecule has 2 aliphatic heterocycles. The molecular formula is C30H40N6O3. The third kappa shape index (κ3) is 6.47. The fraction of sp³-hybridized carbons (Fsp3) is 0.533. The molecule has 6 rings (SSSR count). The van der Waals surface area contributed by atoms with Crippen LogP contribution >= 0.6 is 0 Å². The highest BCUT2D eigenvalue weighted by molar-refractivity contribution is 5.91. The molecule has 1 amide bonds. The molecule has 3 aliphatic rings. The molecule has 9 heteroatoms. The van der Waals surface area contributed by atoms with E-state index in [-0.39, 0.29) is 11.9 Å². The van der Waals surface area contributed by atoms with Crippen molar-refractivity contribution in [2.45, 2.75) is 38.1 Å². The van der Waals surface area contributed by atoms with Gasteiger partial charge in [-0.3, -0.25) is 9.69 Å². The Hall–Kier alpha value is -3.30. The van der Waals surface area contributed by atoms with Gasteiger partial charge in [0, 0.05) is 62.8 Å². The van der Waals surface area contributed by atoms with Gasteiger partial charge in [0.25, 0.3) is 5.91 Å². The van der Waals surface area contributed by atoms with Gasteiger partial charge >= 0.3 is 0 Å². The van der Waals surface area contributed by atoms with Crippen molar-refractivity contribution in [3.8, 4) is 11.3 Å². The minimum atomic E-state index is -0.0914. The second-order valence-corrected chi connectivity index (χ2v) is 11.0. The summed E-state index contributed by atoms with van der Waals surface area (Å²) < 4.78 is 10.8. The third-order valence-electron chi connectivity index (χ3n) is 8.52. The summed E-state index contributed by atoms with van der Waals surface area (Å²) in [5.74, 6) is 3.16. The van der Waals surface area contributed by atoms with Crippen LogP contribution in [0.4, 0.5) is 11.6 Å². The second-order valence-electron chi connectivity index (χ2n) is 11.0. The number of nitrogens with one attached hydrogen (secondary N) is 2. The lowest BCUT2D eigenvalue weighted by molar-refractivity contribution is 0.0891. The molecule has 0 radical (unpaired) electrons. The Bertz CT molecular complexity index is 1180. The maximum absolute atomic E-state index is 12.3. The Labute approximate surface area is 230 Å². The summed E-state index contributed by atoms with van der Waals surface area (Å²) in [5.41, 5.74) is 2.31. The number of morpholine rings is 1. The first-order chi connectivity index (χ1) is 19.2. The van der Waals surface area contributed by atoms with E-state index < -0.39 is 0 Å². The van der Waals surface area contributed by atoms with Crippen LogP contribution in [-0.2, 0) is 4.74 Å². The zero-order chi connectivity index (χ0) is 26.4. The minimum Gasteiger partial charge on any atom is -0.459 e. The molecule has 1 aliphatic carbocycles. The van der Waals surface area contributed by atoms with Crippen LogP contribution in [0.3, 0.4) is 0 Å². The Balaban J connectivity index is 0.988. The van der Waals surface area contributed by atoms with Crippen molar-refractivity contribution in [3.63, 3.8) is 0 Å². The van der Waals surface area contributed by atoms with E-state index in [9.17, 15) is 4.79 Å². The van der Waals surface area contributed by atoms with Gasteiger partial charge in [-0.15, -0.1) is 0 Å². The number of nitrogens with zero attached hydrogens (tertiary/aromatic N) is 4. The zero-order valence-electron chi connectivity index (χ0n) is 22.7. The summed E-state index contributed by atoms with van der Waals surface area (Å²) in [7, 11) is 0. The number of amides is 1. The lowest BCUT2D eigenvalue weighted by atomic mass is 9.84. The molecule has 0 unspecified atom stereocenters. The van der Waals surface area contributed by atoms with Crippen molar-refractivity contribution in [3.05, 3.63) is 54.6 Å². The largest absolute Gasteiger partial charge is 0.459 e. The number of aromatic amines is 1. The number of rotatable bonds is 8. The van der Waals surface area contributed by atoms with Crippen molar-refractivity contribution in [2.24, 2.45) is 5.92 Å². The number of carbonyl (C=O) groups is 1. The van der Waals surface area contributed by atoms with Gasteiger partial charge in [0.2, 0.25) is 0 Å². The van der Waals surface area contributed by atoms with Crippen LogP contribution in [0.5, 0.6) is 0 Å². The Morgan fingerprint density at radius 3 is 2.36 bits per heavy atom. The summed E-state index contributed by atoms with van der Waals surface area (Å²) in [6.07, 6.45) is 9.24. The average Bonchev–Trinajstić information content (AvgIpc) is 3.73. The van der Waals surface area contributed by atoms with Crippen LogP contribution in [0.2, 0.25) is 0 Å². The van der Waals surface area contributed by atoms with Crippen LogP contribution in [0.25, 0.3) is 11.3 Å². The molecule has 0 spiro atoms. The van der Waals surface area contributed by atoms with Gasteiger partial charge in [0.15, 0.2) is 5.76 Å². The first kappa shape index (κ1) is 26.0. The number of furan rings is 1. The predicted octanol–water partition coefficient (Wildman–Crippen LogP) is 4.01. The lowest BCUT2D eigenvalue weighted by Gasteiger charge is -2.37. The number of pyridine rings is 1. The Morgan fingerprint density at radius 2 is 1.69 bits per heavy atom. The number of carbonyl (C=O) groups excluding carboxylic acids is 1. The fourth-order valence-electron chi connectivity index (χ4n) is 6.11. The molecule has 39 heavy (non-hydrogen) atoms. The Morgan fingerprint density at radius 1 is 0.949 bits per heavy atom. The van der Waals surface area contributed by atoms with Crippen LogP contribution in [0, 0.1) is 5.92 Å². The number of H-pyrrole nitrogens is 1. The predicted molar refractivity (Wildman–Crippen MR) is 152 cm³/mol. The molecule has 5 heterocycles. The number of hydrogen-bond acceptors (Lipinski definition) is 7. The molecule has 2 N–H and O–H groups in total. The molecule has 0 bridgehead atoms. The van der Waals surface area contributed by atoms with Crippen LogP contribution in [-0.4, -0.2) is 85.8 Å². The molecule has 0 atom stereocenters. The summed E-state index contributed by atoms with van der Waals surface area (Å²) in [6.45, 7) is 8.54. The topological polar surface area (TPSA) is 89.9 Å². The number of piperazine rings is 1. The highest BCUT2D eigenvalue weighted by Gasteiger charge is 2.25. The summed E-state index contributed by atoms with van der Waals surface area (Å²) in [5, 5.41) is 3.14. The van der Waals surface area contributed by atoms with Gasteiger partial charge in [0.1, 0.15) is 11.6 Å². The highest BCUT2D eigenvalue weighted by Crippen LogP contribution is 2.30. The molecule has 9 nitrogen and oxygen atoms in total. The van der Waals surface area contributed by atoms with Crippen LogP contribution < -0.4 is 15.1 Å². The maximum Gasteiger partial charge on any atom is 0.287 e. The fourth-order valence-corrected chi connectivity index (χ4v) is 6.11. The van der Waals surface area contributed by atoms with E-state index in [2.05, 4.69) is 43.2 Å². The van der Waals surface area contributed by atoms with Crippen molar-refractivity contribution in [2.75, 3.05) is 68.8 Å². The molecule has 1 saturated carbocycles. The Kier molecular flexibility index (Phi) is 8.16. The number of ether oxygens (including phenoxy) is 1. The first-order valence-corrected chi connectivity index (χ1v) is 14.5. The SMILES string of the molecule is O=C(NC1CCC(CCN2CCN(c3cc(-c4ccc[nH]4)cc(N4CCOCC4)n3)CC2)CC1)c1ccco1. The molecule has 208 valence electrons. The van der Waals surface area contributed by atoms with E-state index >= 15 is 0 Å². The summed E-state index contributed by atoms with van der Waals surface area (Å²) in [4.78, 5) is 28.1. The van der Waals surface area contributed by atoms with Crippen LogP contribution in [0.1, 0.15) is 42.7 Å². The molecule has 3 fully saturated rings. The minimum absolute atomic E-state index is 0.0914. The standard InChI is InChI=1S/C30H40N6O3/c37-30(27-4-2-18-39-27)32-25-7-5-23(6-8-25)9-11-34-12-14-35(15-13-34)28-21-24(26-3-1-10-31-26)22-29(33-28)36-16-19-38-20-17-36/h1-4,10,18,21-23,25,31H,5-9,11-17,19-20H2,(H,32,37). The zero-order valence-corrected chi connectivity index (χ0v) is 22.7. The number of anilines is 2. The van der Waals surface area contributed by atoms with Gasteiger partial charge in [-0.25, -0.2) is 4.98 Å². The van der Waals surface area contributed by atoms with Gasteiger partial charge in [-0.1, -0.05) is 0 Å². The smallest absolute Gasteiger partial charge is 0.287 e. The molecule has 0 aromatic carbocycles. The first-order valence-electron chi connectivity index (χ1n) is 14.5. The quantitative estimate of drug-likeness (QED) is 0.453. The van der Waals surface area contributed by atoms with Crippen molar-refractivity contribution in [1.29, 1.82) is 0 Å². The normalized spacial score (nSPS) is 22.7. The average molecular weight is 533 g/mol. The van der Waals surface area contributed by atoms with E-state index in [1.807, 2.05) is 12.3 Å². The van der Waals surface area contributed by atoms with Gasteiger partial charge in [-0.2, -0.15) is 0 Å². The second kappa shape index (κ2) is 12.3. The van der Waals surface area contributed by atoms with E-state index in [4.69, 9.17) is 14.1 Å². The van der Waals surface area contributed by atoms with Crippen molar-refractivity contribution < 1.29 is 13.9 Å². The molecule has 3 aromatic heterocycles. The highest BCUT2D eigenvalue weighted by atomic mass is 16.5. The van der Waals surface area contributed by atoms with E-state index in [1.165, 1.54) is 24.8 Å². The summed E-state index contributed by atoms with van der Waals surface area (Å²) in [6, 6.07) is 12.3. The van der Waals surface area contributed by atoms with E-state index in [0.29, 0.717) is 5.76 Å². The molecule has 2 saturated heterocycles. The number of aromatic nitrogens is 2. The van der Waals surface area contributed by atoms with Gasteiger partial charge in [0.05, 0.1) is 19.5 Å². The van der Waals surface area contributed by atoms with Crippen molar-refractivity contribution in [1.82, 2.24) is 20.2 Å². The van der Waals surface area contributed by atoms with Crippen molar-refractivity contribution >= 4 is 17.5 Å². The van der Waals surface area contributed by atoms with Gasteiger partial charge in [-0.05, 0) is 81.0 Å². The van der Waals surface area contributed by atoms with E-state index in [0.717, 1.165) is 95.1 Å². The third-order valence-corrected chi connectivity index (χ3v) is 8.52. The molecule has 3 aromatic rings. The monoisotopic (exact) mass is 532 g/mol. The van der Waals surface area contributed by atoms with Gasteiger partial charge < -0.3 is 29.3 Å². The molecular weight excluding hydrogens is 492 g/mol. The maximum atomic E-state index is 12.3. The summed E-state index contributed by atoms with van der Waals surface area (Å²) >= 11 is 0. The van der Waals surface area contributed by atoms with Crippen LogP contribution in [0.15, 0.2) is 53.3 Å². The lowest BCUT2D eigenvalue weighted by Crippen LogP contribution is -2.47.